The molecular weight excluding hydrogens is 206 g/mol. The van der Waals surface area contributed by atoms with Crippen molar-refractivity contribution >= 4 is 5.97 Å². The average molecular weight is 229 g/mol. The zero-order valence-corrected chi connectivity index (χ0v) is 10.5. The summed E-state index contributed by atoms with van der Waals surface area (Å²) in [5.74, 6) is -0.709. The maximum Gasteiger partial charge on any atom is 0.320 e. The summed E-state index contributed by atoms with van der Waals surface area (Å²) in [6.07, 6.45) is 5.20. The number of carboxylic acids is 1. The molecule has 1 fully saturated rings. The Bertz CT molecular complexity index is 224. The average Bonchev–Trinajstić information content (AvgIpc) is 2.29. The van der Waals surface area contributed by atoms with Gasteiger partial charge in [-0.05, 0) is 39.2 Å². The van der Waals surface area contributed by atoms with Gasteiger partial charge in [-0.1, -0.05) is 6.92 Å². The van der Waals surface area contributed by atoms with E-state index in [0.29, 0.717) is 18.6 Å². The Hall–Kier alpha value is -0.610. The molecule has 0 radical (unpaired) electrons. The van der Waals surface area contributed by atoms with Gasteiger partial charge in [0.25, 0.3) is 0 Å². The summed E-state index contributed by atoms with van der Waals surface area (Å²) in [6.45, 7) is 1.93. The first-order valence-corrected chi connectivity index (χ1v) is 6.07. The van der Waals surface area contributed by atoms with Gasteiger partial charge in [-0.2, -0.15) is 0 Å². The van der Waals surface area contributed by atoms with Gasteiger partial charge in [0.1, 0.15) is 6.04 Å². The largest absolute Gasteiger partial charge is 0.480 e. The molecule has 1 unspecified atom stereocenters. The standard InChI is InChI=1S/C12H23NO3/c1-4-11(12(14)15)13(2)9-5-7-10(16-3)8-6-9/h9-11H,4-8H2,1-3H3,(H,14,15). The van der Waals surface area contributed by atoms with Crippen molar-refractivity contribution in [1.82, 2.24) is 4.90 Å². The minimum atomic E-state index is -0.709. The van der Waals surface area contributed by atoms with Crippen LogP contribution < -0.4 is 0 Å². The Balaban J connectivity index is 2.48. The summed E-state index contributed by atoms with van der Waals surface area (Å²) < 4.78 is 5.32. The topological polar surface area (TPSA) is 49.8 Å². The van der Waals surface area contributed by atoms with Crippen LogP contribution in [0.25, 0.3) is 0 Å². The third-order valence-electron chi connectivity index (χ3n) is 3.72. The Morgan fingerprint density at radius 1 is 1.44 bits per heavy atom. The molecule has 4 heteroatoms. The first-order chi connectivity index (χ1) is 7.60. The molecule has 4 nitrogen and oxygen atoms in total. The van der Waals surface area contributed by atoms with Gasteiger partial charge in [0.05, 0.1) is 6.10 Å². The quantitative estimate of drug-likeness (QED) is 0.780. The Labute approximate surface area is 97.6 Å². The third kappa shape index (κ3) is 3.19. The molecule has 1 rings (SSSR count). The molecule has 1 N–H and O–H groups in total. The van der Waals surface area contributed by atoms with Gasteiger partial charge in [0.2, 0.25) is 0 Å². The van der Waals surface area contributed by atoms with Crippen molar-refractivity contribution in [3.63, 3.8) is 0 Å². The van der Waals surface area contributed by atoms with Crippen molar-refractivity contribution in [2.45, 2.75) is 57.2 Å². The van der Waals surface area contributed by atoms with Crippen LogP contribution in [0.2, 0.25) is 0 Å². The van der Waals surface area contributed by atoms with Crippen LogP contribution in [0.4, 0.5) is 0 Å². The molecule has 0 amide bonds. The number of aliphatic carboxylic acids is 1. The highest BCUT2D eigenvalue weighted by molar-refractivity contribution is 5.73. The van der Waals surface area contributed by atoms with Crippen LogP contribution in [-0.2, 0) is 9.53 Å². The molecule has 0 saturated heterocycles. The zero-order valence-electron chi connectivity index (χ0n) is 10.5. The first-order valence-electron chi connectivity index (χ1n) is 6.07. The zero-order chi connectivity index (χ0) is 12.1. The van der Waals surface area contributed by atoms with Crippen molar-refractivity contribution in [2.24, 2.45) is 0 Å². The van der Waals surface area contributed by atoms with Gasteiger partial charge >= 0.3 is 5.97 Å². The van der Waals surface area contributed by atoms with Crippen LogP contribution in [0.15, 0.2) is 0 Å². The molecule has 1 aliphatic carbocycles. The lowest BCUT2D eigenvalue weighted by Crippen LogP contribution is -2.46. The van der Waals surface area contributed by atoms with Crippen LogP contribution in [0.5, 0.6) is 0 Å². The number of ether oxygens (including phenoxy) is 1. The molecule has 1 saturated carbocycles. The van der Waals surface area contributed by atoms with E-state index in [-0.39, 0.29) is 6.04 Å². The van der Waals surface area contributed by atoms with Gasteiger partial charge in [-0.15, -0.1) is 0 Å². The fourth-order valence-electron chi connectivity index (χ4n) is 2.58. The second-order valence-corrected chi connectivity index (χ2v) is 4.59. The molecule has 1 atom stereocenters. The predicted octanol–water partition coefficient (Wildman–Crippen LogP) is 1.74. The maximum atomic E-state index is 11.1. The van der Waals surface area contributed by atoms with Crippen molar-refractivity contribution in [3.05, 3.63) is 0 Å². The molecule has 0 aromatic rings. The van der Waals surface area contributed by atoms with Gasteiger partial charge in [0.15, 0.2) is 0 Å². The van der Waals surface area contributed by atoms with E-state index in [4.69, 9.17) is 9.84 Å². The van der Waals surface area contributed by atoms with Crippen LogP contribution in [0.3, 0.4) is 0 Å². The highest BCUT2D eigenvalue weighted by Gasteiger charge is 2.30. The highest BCUT2D eigenvalue weighted by atomic mass is 16.5. The van der Waals surface area contributed by atoms with Crippen molar-refractivity contribution in [3.8, 4) is 0 Å². The predicted molar refractivity (Wildman–Crippen MR) is 62.5 cm³/mol. The normalized spacial score (nSPS) is 28.0. The van der Waals surface area contributed by atoms with Gasteiger partial charge in [-0.3, -0.25) is 9.69 Å². The molecule has 0 spiro atoms. The SMILES string of the molecule is CCC(C(=O)O)N(C)C1CCC(OC)CC1. The molecule has 0 aromatic heterocycles. The monoisotopic (exact) mass is 229 g/mol. The highest BCUT2D eigenvalue weighted by Crippen LogP contribution is 2.25. The summed E-state index contributed by atoms with van der Waals surface area (Å²) in [5, 5.41) is 9.11. The minimum Gasteiger partial charge on any atom is -0.480 e. The maximum absolute atomic E-state index is 11.1. The second-order valence-electron chi connectivity index (χ2n) is 4.59. The number of carboxylic acid groups (broad SMARTS) is 1. The number of hydrogen-bond donors (Lipinski definition) is 1. The third-order valence-corrected chi connectivity index (χ3v) is 3.72. The number of rotatable bonds is 5. The molecular formula is C12H23NO3. The summed E-state index contributed by atoms with van der Waals surface area (Å²) >= 11 is 0. The fourth-order valence-corrected chi connectivity index (χ4v) is 2.58. The van der Waals surface area contributed by atoms with Gasteiger partial charge in [0, 0.05) is 13.2 Å². The van der Waals surface area contributed by atoms with Gasteiger partial charge in [-0.25, -0.2) is 0 Å². The van der Waals surface area contributed by atoms with Crippen LogP contribution >= 0.6 is 0 Å². The summed E-state index contributed by atoms with van der Waals surface area (Å²) in [7, 11) is 3.68. The molecule has 1 aliphatic rings. The lowest BCUT2D eigenvalue weighted by Gasteiger charge is -2.36. The molecule has 0 aromatic carbocycles. The lowest BCUT2D eigenvalue weighted by molar-refractivity contribution is -0.144. The van der Waals surface area contributed by atoms with Crippen molar-refractivity contribution < 1.29 is 14.6 Å². The molecule has 0 aliphatic heterocycles. The smallest absolute Gasteiger partial charge is 0.320 e. The van der Waals surface area contributed by atoms with Crippen LogP contribution in [-0.4, -0.2) is 48.3 Å². The van der Waals surface area contributed by atoms with E-state index < -0.39 is 5.97 Å². The number of methoxy groups -OCH3 is 1. The lowest BCUT2D eigenvalue weighted by atomic mass is 9.91. The van der Waals surface area contributed by atoms with E-state index in [1.807, 2.05) is 18.9 Å². The van der Waals surface area contributed by atoms with Crippen LogP contribution in [0, 0.1) is 0 Å². The van der Waals surface area contributed by atoms with E-state index in [1.54, 1.807) is 7.11 Å². The number of hydrogen-bond acceptors (Lipinski definition) is 3. The number of carbonyl (C=O) groups is 1. The fraction of sp³-hybridized carbons (Fsp3) is 0.917. The number of nitrogens with zero attached hydrogens (tertiary/aromatic N) is 1. The Kier molecular flexibility index (Phi) is 5.22. The second kappa shape index (κ2) is 6.21. The van der Waals surface area contributed by atoms with E-state index in [9.17, 15) is 4.79 Å². The molecule has 16 heavy (non-hydrogen) atoms. The minimum absolute atomic E-state index is 0.343. The number of likely N-dealkylation sites (N-methyl/N-ethyl adjacent to an activating group) is 1. The van der Waals surface area contributed by atoms with Crippen molar-refractivity contribution in [2.75, 3.05) is 14.2 Å². The van der Waals surface area contributed by atoms with Crippen LogP contribution in [0.1, 0.15) is 39.0 Å². The summed E-state index contributed by atoms with van der Waals surface area (Å²) in [6, 6.07) is 0.0524. The first kappa shape index (κ1) is 13.5. The Morgan fingerprint density at radius 3 is 2.38 bits per heavy atom. The molecule has 0 bridgehead atoms. The van der Waals surface area contributed by atoms with E-state index in [0.717, 1.165) is 25.7 Å². The Morgan fingerprint density at radius 2 is 2.00 bits per heavy atom. The molecule has 0 heterocycles. The van der Waals surface area contributed by atoms with E-state index >= 15 is 0 Å². The van der Waals surface area contributed by atoms with E-state index in [2.05, 4.69) is 0 Å². The summed E-state index contributed by atoms with van der Waals surface area (Å²) in [5.41, 5.74) is 0. The van der Waals surface area contributed by atoms with E-state index in [1.165, 1.54) is 0 Å². The summed E-state index contributed by atoms with van der Waals surface area (Å²) in [4.78, 5) is 13.1. The van der Waals surface area contributed by atoms with Gasteiger partial charge < -0.3 is 9.84 Å². The molecule has 94 valence electrons. The van der Waals surface area contributed by atoms with Crippen molar-refractivity contribution in [1.29, 1.82) is 0 Å².